The number of hydrogen-bond acceptors (Lipinski definition) is 4. The van der Waals surface area contributed by atoms with Crippen LogP contribution >= 0.6 is 0 Å². The van der Waals surface area contributed by atoms with Crippen LogP contribution in [0.5, 0.6) is 0 Å². The zero-order valence-corrected chi connectivity index (χ0v) is 13.7. The monoisotopic (exact) mass is 324 g/mol. The van der Waals surface area contributed by atoms with E-state index in [-0.39, 0.29) is 12.5 Å². The average Bonchev–Trinajstić information content (AvgIpc) is 2.53. The van der Waals surface area contributed by atoms with Gasteiger partial charge in [0.25, 0.3) is 0 Å². The van der Waals surface area contributed by atoms with Crippen molar-refractivity contribution in [3.8, 4) is 0 Å². The Bertz CT molecular complexity index is 530. The lowest BCUT2D eigenvalue weighted by Gasteiger charge is -2.29. The largest absolute Gasteiger partial charge is 0.390 e. The minimum absolute atomic E-state index is 0.147. The first-order valence-electron chi connectivity index (χ1n) is 7.92. The molecular formula is C17H25FN2O3. The molecule has 1 aliphatic rings. The topological polar surface area (TPSA) is 61.8 Å². The van der Waals surface area contributed by atoms with Crippen molar-refractivity contribution < 1.29 is 19.0 Å². The van der Waals surface area contributed by atoms with E-state index < -0.39 is 17.3 Å². The van der Waals surface area contributed by atoms with Crippen molar-refractivity contribution in [1.82, 2.24) is 10.2 Å². The Hall–Kier alpha value is -1.50. The molecule has 0 radical (unpaired) electrons. The quantitative estimate of drug-likeness (QED) is 0.817. The minimum Gasteiger partial charge on any atom is -0.390 e. The second-order valence-corrected chi connectivity index (χ2v) is 6.38. The summed E-state index contributed by atoms with van der Waals surface area (Å²) < 4.78 is 19.2. The fraction of sp³-hybridized carbons (Fsp3) is 0.588. The van der Waals surface area contributed by atoms with Crippen LogP contribution in [0.25, 0.3) is 0 Å². The maximum atomic E-state index is 13.9. The zero-order chi connectivity index (χ0) is 16.9. The molecule has 1 atom stereocenters. The molecule has 1 amide bonds. The number of β-amino-alcohol motifs (C(OH)–C–C–N with tert-alkyl or cyclic N) is 1. The average molecular weight is 324 g/mol. The summed E-state index contributed by atoms with van der Waals surface area (Å²) in [4.78, 5) is 14.5. The summed E-state index contributed by atoms with van der Waals surface area (Å²) in [5, 5.41) is 12.8. The van der Waals surface area contributed by atoms with E-state index in [4.69, 9.17) is 4.74 Å². The van der Waals surface area contributed by atoms with Crippen LogP contribution in [-0.4, -0.2) is 61.4 Å². The van der Waals surface area contributed by atoms with Gasteiger partial charge in [-0.05, 0) is 19.9 Å². The van der Waals surface area contributed by atoms with E-state index in [0.29, 0.717) is 25.3 Å². The Balaban J connectivity index is 1.87. The second-order valence-electron chi connectivity index (χ2n) is 6.38. The first kappa shape index (κ1) is 17.8. The van der Waals surface area contributed by atoms with Gasteiger partial charge in [-0.2, -0.15) is 0 Å². The molecule has 0 spiro atoms. The SMILES string of the molecule is CC(C)(C(=O)NCC(O)CN1CCOCC1)c1ccccc1F. The number of rotatable bonds is 6. The molecule has 1 saturated heterocycles. The Morgan fingerprint density at radius 1 is 1.39 bits per heavy atom. The summed E-state index contributed by atoms with van der Waals surface area (Å²) in [5.74, 6) is -0.704. The number of ether oxygens (including phenoxy) is 1. The molecular weight excluding hydrogens is 299 g/mol. The van der Waals surface area contributed by atoms with Gasteiger partial charge in [-0.25, -0.2) is 4.39 Å². The lowest BCUT2D eigenvalue weighted by atomic mass is 9.83. The van der Waals surface area contributed by atoms with E-state index in [0.717, 1.165) is 13.1 Å². The molecule has 0 bridgehead atoms. The van der Waals surface area contributed by atoms with E-state index in [9.17, 15) is 14.3 Å². The van der Waals surface area contributed by atoms with Crippen molar-refractivity contribution in [2.24, 2.45) is 0 Å². The highest BCUT2D eigenvalue weighted by atomic mass is 19.1. The second kappa shape index (κ2) is 7.86. The van der Waals surface area contributed by atoms with Gasteiger partial charge < -0.3 is 15.2 Å². The van der Waals surface area contributed by atoms with Crippen molar-refractivity contribution >= 4 is 5.91 Å². The minimum atomic E-state index is -0.996. The summed E-state index contributed by atoms with van der Waals surface area (Å²) in [5.41, 5.74) is -0.649. The summed E-state index contributed by atoms with van der Waals surface area (Å²) in [6.07, 6.45) is -0.659. The van der Waals surface area contributed by atoms with Gasteiger partial charge in [0.1, 0.15) is 5.82 Å². The number of aliphatic hydroxyl groups is 1. The van der Waals surface area contributed by atoms with Crippen LogP contribution < -0.4 is 5.32 Å². The molecule has 128 valence electrons. The van der Waals surface area contributed by atoms with Gasteiger partial charge in [-0.1, -0.05) is 18.2 Å². The fourth-order valence-corrected chi connectivity index (χ4v) is 2.67. The number of morpholine rings is 1. The van der Waals surface area contributed by atoms with E-state index in [2.05, 4.69) is 10.2 Å². The summed E-state index contributed by atoms with van der Waals surface area (Å²) >= 11 is 0. The number of aliphatic hydroxyl groups excluding tert-OH is 1. The molecule has 23 heavy (non-hydrogen) atoms. The Labute approximate surface area is 136 Å². The Morgan fingerprint density at radius 2 is 2.04 bits per heavy atom. The third kappa shape index (κ3) is 4.73. The highest BCUT2D eigenvalue weighted by Gasteiger charge is 2.32. The van der Waals surface area contributed by atoms with Gasteiger partial charge >= 0.3 is 0 Å². The molecule has 1 aromatic rings. The summed E-state index contributed by atoms with van der Waals surface area (Å²) in [6, 6.07) is 6.26. The van der Waals surface area contributed by atoms with E-state index in [1.54, 1.807) is 32.0 Å². The number of benzene rings is 1. The maximum absolute atomic E-state index is 13.9. The Kier molecular flexibility index (Phi) is 6.10. The van der Waals surface area contributed by atoms with Gasteiger partial charge in [0.15, 0.2) is 0 Å². The Morgan fingerprint density at radius 3 is 2.70 bits per heavy atom. The van der Waals surface area contributed by atoms with Crippen LogP contribution in [0, 0.1) is 5.82 Å². The van der Waals surface area contributed by atoms with Crippen molar-refractivity contribution in [1.29, 1.82) is 0 Å². The molecule has 1 aliphatic heterocycles. The number of carbonyl (C=O) groups is 1. The molecule has 5 nitrogen and oxygen atoms in total. The molecule has 2 rings (SSSR count). The van der Waals surface area contributed by atoms with Crippen LogP contribution in [0.1, 0.15) is 19.4 Å². The number of amides is 1. The van der Waals surface area contributed by atoms with Gasteiger partial charge in [0, 0.05) is 31.7 Å². The molecule has 6 heteroatoms. The molecule has 1 fully saturated rings. The highest BCUT2D eigenvalue weighted by Crippen LogP contribution is 2.25. The van der Waals surface area contributed by atoms with E-state index in [1.165, 1.54) is 6.07 Å². The first-order chi connectivity index (χ1) is 10.9. The smallest absolute Gasteiger partial charge is 0.230 e. The lowest BCUT2D eigenvalue weighted by Crippen LogP contribution is -2.47. The standard InChI is InChI=1S/C17H25FN2O3/c1-17(2,14-5-3-4-6-15(14)18)16(22)19-11-13(21)12-20-7-9-23-10-8-20/h3-6,13,21H,7-12H2,1-2H3,(H,19,22). The van der Waals surface area contributed by atoms with Crippen molar-refractivity contribution in [2.45, 2.75) is 25.4 Å². The number of halogens is 1. The normalized spacial score (nSPS) is 17.7. The molecule has 1 unspecified atom stereocenters. The van der Waals surface area contributed by atoms with E-state index in [1.807, 2.05) is 0 Å². The fourth-order valence-electron chi connectivity index (χ4n) is 2.67. The molecule has 0 aliphatic carbocycles. The van der Waals surface area contributed by atoms with Crippen LogP contribution in [0.4, 0.5) is 4.39 Å². The molecule has 0 saturated carbocycles. The molecule has 2 N–H and O–H groups in total. The predicted molar refractivity (Wildman–Crippen MR) is 85.7 cm³/mol. The van der Waals surface area contributed by atoms with Crippen molar-refractivity contribution in [3.05, 3.63) is 35.6 Å². The van der Waals surface area contributed by atoms with Crippen molar-refractivity contribution in [3.63, 3.8) is 0 Å². The van der Waals surface area contributed by atoms with Crippen molar-refractivity contribution in [2.75, 3.05) is 39.4 Å². The van der Waals surface area contributed by atoms with E-state index >= 15 is 0 Å². The first-order valence-corrected chi connectivity index (χ1v) is 7.92. The number of nitrogens with one attached hydrogen (secondary N) is 1. The highest BCUT2D eigenvalue weighted by molar-refractivity contribution is 5.87. The molecule has 0 aromatic heterocycles. The lowest BCUT2D eigenvalue weighted by molar-refractivity contribution is -0.126. The van der Waals surface area contributed by atoms with Gasteiger partial charge in [-0.3, -0.25) is 9.69 Å². The number of nitrogens with zero attached hydrogens (tertiary/aromatic N) is 1. The summed E-state index contributed by atoms with van der Waals surface area (Å²) in [7, 11) is 0. The third-order valence-corrected chi connectivity index (χ3v) is 4.19. The van der Waals surface area contributed by atoms with Gasteiger partial charge in [0.05, 0.1) is 24.7 Å². The van der Waals surface area contributed by atoms with Crippen LogP contribution in [-0.2, 0) is 14.9 Å². The molecule has 1 heterocycles. The third-order valence-electron chi connectivity index (χ3n) is 4.19. The van der Waals surface area contributed by atoms with Crippen LogP contribution in [0.3, 0.4) is 0 Å². The van der Waals surface area contributed by atoms with Crippen LogP contribution in [0.15, 0.2) is 24.3 Å². The molecule has 1 aromatic carbocycles. The van der Waals surface area contributed by atoms with Gasteiger partial charge in [-0.15, -0.1) is 0 Å². The number of hydrogen-bond donors (Lipinski definition) is 2. The number of carbonyl (C=O) groups excluding carboxylic acids is 1. The predicted octanol–water partition coefficient (Wildman–Crippen LogP) is 0.913. The summed E-state index contributed by atoms with van der Waals surface area (Å²) in [6.45, 7) is 6.89. The maximum Gasteiger partial charge on any atom is 0.230 e. The zero-order valence-electron chi connectivity index (χ0n) is 13.7. The van der Waals surface area contributed by atoms with Gasteiger partial charge in [0.2, 0.25) is 5.91 Å². The van der Waals surface area contributed by atoms with Crippen LogP contribution in [0.2, 0.25) is 0 Å².